The Hall–Kier alpha value is -0.890. The van der Waals surface area contributed by atoms with Crippen molar-refractivity contribution >= 4 is 0 Å². The van der Waals surface area contributed by atoms with Gasteiger partial charge in [0, 0.05) is 18.2 Å². The van der Waals surface area contributed by atoms with Gasteiger partial charge in [0.05, 0.1) is 0 Å². The van der Waals surface area contributed by atoms with Crippen LogP contribution >= 0.6 is 0 Å². The van der Waals surface area contributed by atoms with Gasteiger partial charge in [0.1, 0.15) is 5.82 Å². The molecule has 2 aliphatic rings. The van der Waals surface area contributed by atoms with Gasteiger partial charge in [0.15, 0.2) is 0 Å². The van der Waals surface area contributed by atoms with Crippen molar-refractivity contribution in [2.45, 2.75) is 52.1 Å². The molecular weight excluding hydrogens is 237 g/mol. The number of hydrogen-bond donors (Lipinski definition) is 1. The highest BCUT2D eigenvalue weighted by Gasteiger charge is 2.41. The van der Waals surface area contributed by atoms with Crippen LogP contribution in [0.2, 0.25) is 0 Å². The number of hydrogen-bond acceptors (Lipinski definition) is 1. The molecule has 0 radical (unpaired) electrons. The average molecular weight is 261 g/mol. The van der Waals surface area contributed by atoms with E-state index in [0.717, 1.165) is 28.9 Å². The van der Waals surface area contributed by atoms with E-state index in [1.807, 2.05) is 19.1 Å². The van der Waals surface area contributed by atoms with Crippen molar-refractivity contribution in [3.63, 3.8) is 0 Å². The molecule has 1 nitrogen and oxygen atoms in total. The highest BCUT2D eigenvalue weighted by atomic mass is 19.1. The van der Waals surface area contributed by atoms with Gasteiger partial charge in [-0.3, -0.25) is 0 Å². The second-order valence-electron chi connectivity index (χ2n) is 6.60. The summed E-state index contributed by atoms with van der Waals surface area (Å²) in [6.07, 6.45) is 5.69. The Bertz CT molecular complexity index is 457. The van der Waals surface area contributed by atoms with Crippen LogP contribution in [0.3, 0.4) is 0 Å². The van der Waals surface area contributed by atoms with Crippen LogP contribution in [0.15, 0.2) is 18.2 Å². The molecule has 2 heteroatoms. The number of benzene rings is 1. The van der Waals surface area contributed by atoms with Crippen LogP contribution in [0.1, 0.15) is 43.7 Å². The first kappa shape index (κ1) is 13.1. The van der Waals surface area contributed by atoms with Crippen LogP contribution in [-0.2, 0) is 6.54 Å². The topological polar surface area (TPSA) is 12.0 Å². The summed E-state index contributed by atoms with van der Waals surface area (Å²) in [4.78, 5) is 0. The fraction of sp³-hybridized carbons (Fsp3) is 0.647. The largest absolute Gasteiger partial charge is 0.310 e. The second-order valence-corrected chi connectivity index (χ2v) is 6.60. The molecule has 19 heavy (non-hydrogen) atoms. The SMILES string of the molecule is Cc1ccc(F)c(CNC(C)C2CC3CCC2C3)c1. The van der Waals surface area contributed by atoms with E-state index in [-0.39, 0.29) is 5.82 Å². The van der Waals surface area contributed by atoms with E-state index in [9.17, 15) is 4.39 Å². The maximum Gasteiger partial charge on any atom is 0.127 e. The van der Waals surface area contributed by atoms with E-state index in [1.165, 1.54) is 25.7 Å². The molecule has 2 aliphatic carbocycles. The first-order valence-corrected chi connectivity index (χ1v) is 7.62. The third-order valence-corrected chi connectivity index (χ3v) is 5.25. The van der Waals surface area contributed by atoms with Crippen LogP contribution in [-0.4, -0.2) is 6.04 Å². The lowest BCUT2D eigenvalue weighted by molar-refractivity contribution is 0.259. The number of fused-ring (bicyclic) bond motifs is 2. The molecule has 2 bridgehead atoms. The highest BCUT2D eigenvalue weighted by molar-refractivity contribution is 5.24. The molecule has 0 amide bonds. The lowest BCUT2D eigenvalue weighted by Gasteiger charge is -2.28. The van der Waals surface area contributed by atoms with Crippen LogP contribution < -0.4 is 5.32 Å². The van der Waals surface area contributed by atoms with E-state index in [4.69, 9.17) is 0 Å². The Kier molecular flexibility index (Phi) is 3.62. The summed E-state index contributed by atoms with van der Waals surface area (Å²) in [7, 11) is 0. The molecule has 2 fully saturated rings. The smallest absolute Gasteiger partial charge is 0.127 e. The third-order valence-electron chi connectivity index (χ3n) is 5.25. The zero-order valence-corrected chi connectivity index (χ0v) is 12.0. The van der Waals surface area contributed by atoms with Gasteiger partial charge >= 0.3 is 0 Å². The van der Waals surface area contributed by atoms with Gasteiger partial charge in [-0.2, -0.15) is 0 Å². The third kappa shape index (κ3) is 2.69. The molecule has 3 rings (SSSR count). The summed E-state index contributed by atoms with van der Waals surface area (Å²) in [6.45, 7) is 4.95. The quantitative estimate of drug-likeness (QED) is 0.862. The molecular formula is C17H24FN. The number of rotatable bonds is 4. The molecule has 2 saturated carbocycles. The summed E-state index contributed by atoms with van der Waals surface area (Å²) in [5, 5.41) is 3.55. The predicted octanol–water partition coefficient (Wildman–Crippen LogP) is 4.05. The molecule has 0 spiro atoms. The molecule has 1 aromatic carbocycles. The fourth-order valence-electron chi connectivity index (χ4n) is 4.17. The van der Waals surface area contributed by atoms with Crippen LogP contribution in [0, 0.1) is 30.5 Å². The van der Waals surface area contributed by atoms with Crippen molar-refractivity contribution in [3.05, 3.63) is 35.1 Å². The van der Waals surface area contributed by atoms with E-state index in [1.54, 1.807) is 6.07 Å². The molecule has 1 aromatic rings. The van der Waals surface area contributed by atoms with Crippen molar-refractivity contribution < 1.29 is 4.39 Å². The van der Waals surface area contributed by atoms with E-state index >= 15 is 0 Å². The predicted molar refractivity (Wildman–Crippen MR) is 76.4 cm³/mol. The molecule has 104 valence electrons. The monoisotopic (exact) mass is 261 g/mol. The standard InChI is InChI=1S/C17H24FN/c1-11-3-6-17(18)15(7-11)10-19-12(2)16-9-13-4-5-14(16)8-13/h3,6-7,12-14,16,19H,4-5,8-10H2,1-2H3. The van der Waals surface area contributed by atoms with Gasteiger partial charge in [0.25, 0.3) is 0 Å². The van der Waals surface area contributed by atoms with Gasteiger partial charge in [-0.15, -0.1) is 0 Å². The minimum atomic E-state index is -0.0850. The minimum absolute atomic E-state index is 0.0850. The summed E-state index contributed by atoms with van der Waals surface area (Å²) in [5.74, 6) is 2.63. The maximum atomic E-state index is 13.7. The van der Waals surface area contributed by atoms with E-state index in [0.29, 0.717) is 12.6 Å². The number of halogens is 1. The van der Waals surface area contributed by atoms with Gasteiger partial charge in [-0.25, -0.2) is 4.39 Å². The van der Waals surface area contributed by atoms with Crippen LogP contribution in [0.4, 0.5) is 4.39 Å². The minimum Gasteiger partial charge on any atom is -0.310 e. The Morgan fingerprint density at radius 3 is 2.84 bits per heavy atom. The summed E-state index contributed by atoms with van der Waals surface area (Å²) in [5.41, 5.74) is 1.93. The van der Waals surface area contributed by atoms with Crippen LogP contribution in [0.25, 0.3) is 0 Å². The summed E-state index contributed by atoms with van der Waals surface area (Å²) in [6, 6.07) is 5.87. The molecule has 4 atom stereocenters. The maximum absolute atomic E-state index is 13.7. The molecule has 0 aromatic heterocycles. The summed E-state index contributed by atoms with van der Waals surface area (Å²) >= 11 is 0. The highest BCUT2D eigenvalue weighted by Crippen LogP contribution is 2.49. The van der Waals surface area contributed by atoms with Gasteiger partial charge in [0.2, 0.25) is 0 Å². The van der Waals surface area contributed by atoms with Gasteiger partial charge in [-0.1, -0.05) is 24.1 Å². The normalized spacial score (nSPS) is 30.8. The number of nitrogens with one attached hydrogen (secondary N) is 1. The molecule has 1 N–H and O–H groups in total. The zero-order chi connectivity index (χ0) is 13.4. The lowest BCUT2D eigenvalue weighted by atomic mass is 9.84. The average Bonchev–Trinajstić information content (AvgIpc) is 3.02. The Labute approximate surface area is 115 Å². The first-order chi connectivity index (χ1) is 9.13. The molecule has 4 unspecified atom stereocenters. The molecule has 0 aliphatic heterocycles. The van der Waals surface area contributed by atoms with Crippen molar-refractivity contribution in [3.8, 4) is 0 Å². The van der Waals surface area contributed by atoms with Crippen LogP contribution in [0.5, 0.6) is 0 Å². The van der Waals surface area contributed by atoms with Gasteiger partial charge in [-0.05, 0) is 56.9 Å². The van der Waals surface area contributed by atoms with Crippen molar-refractivity contribution in [2.75, 3.05) is 0 Å². The lowest BCUT2D eigenvalue weighted by Crippen LogP contribution is -2.36. The second kappa shape index (κ2) is 5.24. The Balaban J connectivity index is 1.58. The van der Waals surface area contributed by atoms with Gasteiger partial charge < -0.3 is 5.32 Å². The number of aryl methyl sites for hydroxylation is 1. The van der Waals surface area contributed by atoms with Crippen molar-refractivity contribution in [2.24, 2.45) is 17.8 Å². The fourth-order valence-corrected chi connectivity index (χ4v) is 4.17. The van der Waals surface area contributed by atoms with E-state index < -0.39 is 0 Å². The Morgan fingerprint density at radius 2 is 2.16 bits per heavy atom. The van der Waals surface area contributed by atoms with Crippen molar-refractivity contribution in [1.82, 2.24) is 5.32 Å². The molecule has 0 heterocycles. The summed E-state index contributed by atoms with van der Waals surface area (Å²) < 4.78 is 13.7. The molecule has 0 saturated heterocycles. The first-order valence-electron chi connectivity index (χ1n) is 7.62. The zero-order valence-electron chi connectivity index (χ0n) is 12.0. The van der Waals surface area contributed by atoms with E-state index in [2.05, 4.69) is 12.2 Å². The van der Waals surface area contributed by atoms with Crippen molar-refractivity contribution in [1.29, 1.82) is 0 Å². The Morgan fingerprint density at radius 1 is 1.32 bits per heavy atom.